The molecular weight excluding hydrogens is 362 g/mol. The monoisotopic (exact) mass is 364 g/mol. The van der Waals surface area contributed by atoms with Crippen molar-refractivity contribution >= 4 is 83.9 Å². The Morgan fingerprint density at radius 3 is 2.20 bits per heavy atom. The Hall–Kier alpha value is -0.710. The fraction of sp³-hybridized carbons (Fsp3) is 0. The number of halogens is 4. The predicted octanol–water partition coefficient (Wildman–Crippen LogP) is 6.37. The quantitative estimate of drug-likeness (QED) is 0.544. The molecule has 0 unspecified atom stereocenters. The third-order valence-corrected chi connectivity index (χ3v) is 5.41. The lowest BCUT2D eigenvalue weighted by molar-refractivity contribution is 0.0697. The largest absolute Gasteiger partial charge is 0.478 e. The highest BCUT2D eigenvalue weighted by molar-refractivity contribution is 7.26. The minimum atomic E-state index is -1.17. The van der Waals surface area contributed by atoms with E-state index in [2.05, 4.69) is 0 Å². The van der Waals surface area contributed by atoms with Crippen LogP contribution < -0.4 is 0 Å². The summed E-state index contributed by atoms with van der Waals surface area (Å²) in [4.78, 5) is 11.3. The van der Waals surface area contributed by atoms with Gasteiger partial charge in [0.1, 0.15) is 0 Å². The van der Waals surface area contributed by atoms with Gasteiger partial charge in [-0.15, -0.1) is 11.3 Å². The number of aromatic carboxylic acids is 1. The van der Waals surface area contributed by atoms with Gasteiger partial charge >= 0.3 is 5.97 Å². The molecule has 20 heavy (non-hydrogen) atoms. The molecule has 0 aliphatic carbocycles. The fourth-order valence-electron chi connectivity index (χ4n) is 2.05. The molecule has 0 amide bonds. The van der Waals surface area contributed by atoms with E-state index in [4.69, 9.17) is 46.4 Å². The minimum Gasteiger partial charge on any atom is -0.478 e. The second-order valence-corrected chi connectivity index (χ2v) is 6.77. The van der Waals surface area contributed by atoms with E-state index in [1.807, 2.05) is 0 Å². The Bertz CT molecular complexity index is 885. The average Bonchev–Trinajstić information content (AvgIpc) is 2.66. The molecule has 3 rings (SSSR count). The molecule has 0 radical (unpaired) electrons. The van der Waals surface area contributed by atoms with Crippen LogP contribution in [0.5, 0.6) is 0 Å². The van der Waals surface area contributed by atoms with Crippen molar-refractivity contribution in [3.8, 4) is 0 Å². The summed E-state index contributed by atoms with van der Waals surface area (Å²) >= 11 is 25.6. The van der Waals surface area contributed by atoms with Crippen LogP contribution in [0, 0.1) is 0 Å². The fourth-order valence-corrected chi connectivity index (χ4v) is 4.46. The molecular formula is C13H4Cl4O2S. The SMILES string of the molecule is O=C(O)c1c(Cl)cc2sc3cc(Cl)c(Cl)cc3c2c1Cl. The van der Waals surface area contributed by atoms with Crippen molar-refractivity contribution < 1.29 is 9.90 Å². The standard InChI is InChI=1S/C13H4Cl4O2S/c14-5-1-4-8(2-6(5)15)20-9-3-7(16)11(13(18)19)12(17)10(4)9/h1-3H,(H,18,19). The molecule has 0 aliphatic rings. The van der Waals surface area contributed by atoms with Gasteiger partial charge in [-0.2, -0.15) is 0 Å². The van der Waals surface area contributed by atoms with Gasteiger partial charge in [0.25, 0.3) is 0 Å². The molecule has 0 saturated carbocycles. The normalized spacial score (nSPS) is 11.4. The van der Waals surface area contributed by atoms with Crippen molar-refractivity contribution in [1.82, 2.24) is 0 Å². The van der Waals surface area contributed by atoms with E-state index in [1.54, 1.807) is 18.2 Å². The van der Waals surface area contributed by atoms with Gasteiger partial charge in [0.15, 0.2) is 0 Å². The highest BCUT2D eigenvalue weighted by Gasteiger charge is 2.20. The van der Waals surface area contributed by atoms with Crippen LogP contribution in [-0.2, 0) is 0 Å². The van der Waals surface area contributed by atoms with E-state index < -0.39 is 5.97 Å². The first-order valence-electron chi connectivity index (χ1n) is 5.32. The number of rotatable bonds is 1. The van der Waals surface area contributed by atoms with E-state index in [-0.39, 0.29) is 15.6 Å². The Labute approximate surface area is 137 Å². The molecule has 3 aromatic rings. The summed E-state index contributed by atoms with van der Waals surface area (Å²) < 4.78 is 1.66. The van der Waals surface area contributed by atoms with Crippen LogP contribution in [-0.4, -0.2) is 11.1 Å². The van der Waals surface area contributed by atoms with Crippen molar-refractivity contribution in [2.45, 2.75) is 0 Å². The number of thiophene rings is 1. The number of benzene rings is 2. The lowest BCUT2D eigenvalue weighted by atomic mass is 10.1. The summed E-state index contributed by atoms with van der Waals surface area (Å²) in [6, 6.07) is 5.01. The highest BCUT2D eigenvalue weighted by Crippen LogP contribution is 2.44. The Morgan fingerprint density at radius 1 is 0.950 bits per heavy atom. The van der Waals surface area contributed by atoms with E-state index in [0.29, 0.717) is 15.4 Å². The van der Waals surface area contributed by atoms with Crippen LogP contribution in [0.2, 0.25) is 20.1 Å². The Morgan fingerprint density at radius 2 is 1.55 bits per heavy atom. The molecule has 102 valence electrons. The van der Waals surface area contributed by atoms with Gasteiger partial charge in [0.2, 0.25) is 0 Å². The van der Waals surface area contributed by atoms with Crippen LogP contribution >= 0.6 is 57.7 Å². The van der Waals surface area contributed by atoms with Gasteiger partial charge in [0, 0.05) is 20.2 Å². The van der Waals surface area contributed by atoms with Gasteiger partial charge in [-0.25, -0.2) is 4.79 Å². The zero-order chi connectivity index (χ0) is 14.6. The van der Waals surface area contributed by atoms with Crippen molar-refractivity contribution in [2.24, 2.45) is 0 Å². The molecule has 1 heterocycles. The molecule has 1 N–H and O–H groups in total. The second kappa shape index (κ2) is 4.93. The van der Waals surface area contributed by atoms with Gasteiger partial charge in [-0.05, 0) is 18.2 Å². The maximum absolute atomic E-state index is 11.3. The van der Waals surface area contributed by atoms with Crippen LogP contribution in [0.4, 0.5) is 0 Å². The van der Waals surface area contributed by atoms with E-state index in [1.165, 1.54) is 11.3 Å². The number of carboxylic acid groups (broad SMARTS) is 1. The van der Waals surface area contributed by atoms with Crippen molar-refractivity contribution in [2.75, 3.05) is 0 Å². The molecule has 2 nitrogen and oxygen atoms in total. The average molecular weight is 366 g/mol. The first-order valence-corrected chi connectivity index (χ1v) is 7.65. The van der Waals surface area contributed by atoms with Crippen LogP contribution in [0.25, 0.3) is 20.2 Å². The smallest absolute Gasteiger partial charge is 0.338 e. The minimum absolute atomic E-state index is 0.105. The highest BCUT2D eigenvalue weighted by atomic mass is 35.5. The first kappa shape index (κ1) is 14.2. The summed E-state index contributed by atoms with van der Waals surface area (Å²) in [6.07, 6.45) is 0. The van der Waals surface area contributed by atoms with Gasteiger partial charge < -0.3 is 5.11 Å². The van der Waals surface area contributed by atoms with Gasteiger partial charge in [-0.1, -0.05) is 46.4 Å². The molecule has 0 fully saturated rings. The number of hydrogen-bond donors (Lipinski definition) is 1. The lowest BCUT2D eigenvalue weighted by Crippen LogP contribution is -1.98. The molecule has 0 bridgehead atoms. The molecule has 0 spiro atoms. The van der Waals surface area contributed by atoms with Crippen molar-refractivity contribution in [3.05, 3.63) is 43.9 Å². The van der Waals surface area contributed by atoms with E-state index in [9.17, 15) is 9.90 Å². The van der Waals surface area contributed by atoms with Crippen LogP contribution in [0.15, 0.2) is 18.2 Å². The summed E-state index contributed by atoms with van der Waals surface area (Å²) in [5.74, 6) is -1.17. The lowest BCUT2D eigenvalue weighted by Gasteiger charge is -2.04. The van der Waals surface area contributed by atoms with E-state index in [0.717, 1.165) is 14.8 Å². The molecule has 0 saturated heterocycles. The summed E-state index contributed by atoms with van der Waals surface area (Å²) in [6.45, 7) is 0. The summed E-state index contributed by atoms with van der Waals surface area (Å²) in [5.41, 5.74) is -0.105. The number of fused-ring (bicyclic) bond motifs is 3. The third-order valence-electron chi connectivity index (χ3n) is 2.91. The van der Waals surface area contributed by atoms with Crippen molar-refractivity contribution in [3.63, 3.8) is 0 Å². The molecule has 1 aromatic heterocycles. The van der Waals surface area contributed by atoms with Gasteiger partial charge in [0.05, 0.1) is 25.7 Å². The van der Waals surface area contributed by atoms with Crippen LogP contribution in [0.3, 0.4) is 0 Å². The van der Waals surface area contributed by atoms with Crippen molar-refractivity contribution in [1.29, 1.82) is 0 Å². The maximum atomic E-state index is 11.3. The second-order valence-electron chi connectivity index (χ2n) is 4.09. The summed E-state index contributed by atoms with van der Waals surface area (Å²) in [7, 11) is 0. The summed E-state index contributed by atoms with van der Waals surface area (Å²) in [5, 5.41) is 11.7. The third kappa shape index (κ3) is 2.05. The zero-order valence-corrected chi connectivity index (χ0v) is 13.3. The Kier molecular flexibility index (Phi) is 3.51. The Balaban J connectivity index is 2.54. The predicted molar refractivity (Wildman–Crippen MR) is 86.3 cm³/mol. The number of carboxylic acids is 1. The number of carbonyl (C=O) groups is 1. The number of hydrogen-bond acceptors (Lipinski definition) is 2. The van der Waals surface area contributed by atoms with E-state index >= 15 is 0 Å². The van der Waals surface area contributed by atoms with Gasteiger partial charge in [-0.3, -0.25) is 0 Å². The molecule has 0 atom stereocenters. The molecule has 7 heteroatoms. The molecule has 2 aromatic carbocycles. The zero-order valence-electron chi connectivity index (χ0n) is 9.51. The topological polar surface area (TPSA) is 37.3 Å². The first-order chi connectivity index (χ1) is 9.40. The van der Waals surface area contributed by atoms with Crippen LogP contribution in [0.1, 0.15) is 10.4 Å². The molecule has 0 aliphatic heterocycles. The maximum Gasteiger partial charge on any atom is 0.338 e.